The lowest BCUT2D eigenvalue weighted by Crippen LogP contribution is -1.99. The van der Waals surface area contributed by atoms with Crippen molar-refractivity contribution in [2.45, 2.75) is 27.2 Å². The minimum Gasteiger partial charge on any atom is -0.0979 e. The second-order valence-corrected chi connectivity index (χ2v) is 5.48. The number of hydrogen-bond acceptors (Lipinski definition) is 0. The zero-order valence-electron chi connectivity index (χ0n) is 8.89. The van der Waals surface area contributed by atoms with Gasteiger partial charge in [-0.3, -0.25) is 0 Å². The number of benzene rings is 1. The van der Waals surface area contributed by atoms with Gasteiger partial charge in [0.1, 0.15) is 0 Å². The molecule has 0 aliphatic carbocycles. The molecule has 0 heterocycles. The zero-order chi connectivity index (χ0) is 10.6. The first kappa shape index (κ1) is 11.6. The van der Waals surface area contributed by atoms with Crippen molar-refractivity contribution in [1.29, 1.82) is 0 Å². The van der Waals surface area contributed by atoms with Gasteiger partial charge >= 0.3 is 0 Å². The van der Waals surface area contributed by atoms with Gasteiger partial charge in [0.05, 0.1) is 0 Å². The van der Waals surface area contributed by atoms with E-state index in [4.69, 9.17) is 0 Å². The Bertz CT molecular complexity index is 361. The Balaban J connectivity index is 2.70. The molecule has 0 saturated carbocycles. The van der Waals surface area contributed by atoms with Gasteiger partial charge in [-0.25, -0.2) is 0 Å². The fraction of sp³-hybridized carbons (Fsp3) is 0.385. The molecule has 1 aromatic rings. The second kappa shape index (κ2) is 4.84. The maximum atomic E-state index is 3.24. The Morgan fingerprint density at radius 3 is 2.43 bits per heavy atom. The molecule has 14 heavy (non-hydrogen) atoms. The van der Waals surface area contributed by atoms with Gasteiger partial charge in [-0.1, -0.05) is 30.0 Å². The van der Waals surface area contributed by atoms with E-state index in [1.165, 1.54) is 9.13 Å². The molecule has 74 valence electrons. The molecule has 0 unspecified atom stereocenters. The van der Waals surface area contributed by atoms with E-state index in [-0.39, 0.29) is 5.41 Å². The van der Waals surface area contributed by atoms with Crippen molar-refractivity contribution in [2.24, 2.45) is 5.41 Å². The van der Waals surface area contributed by atoms with Gasteiger partial charge in [0, 0.05) is 15.4 Å². The van der Waals surface area contributed by atoms with Crippen LogP contribution in [-0.2, 0) is 6.42 Å². The van der Waals surface area contributed by atoms with Crippen LogP contribution in [0, 0.1) is 20.8 Å². The molecule has 0 aliphatic rings. The fourth-order valence-corrected chi connectivity index (χ4v) is 1.62. The molecule has 0 amide bonds. The predicted molar refractivity (Wildman–Crippen MR) is 70.1 cm³/mol. The first-order valence-corrected chi connectivity index (χ1v) is 5.80. The highest BCUT2D eigenvalue weighted by Crippen LogP contribution is 2.13. The van der Waals surface area contributed by atoms with E-state index < -0.39 is 0 Å². The summed E-state index contributed by atoms with van der Waals surface area (Å²) < 4.78 is 1.30. The Kier molecular flexibility index (Phi) is 4.00. The normalized spacial score (nSPS) is 10.6. The molecule has 0 saturated heterocycles. The van der Waals surface area contributed by atoms with E-state index in [1.807, 2.05) is 0 Å². The van der Waals surface area contributed by atoms with E-state index in [9.17, 15) is 0 Å². The topological polar surface area (TPSA) is 0 Å². The van der Waals surface area contributed by atoms with Gasteiger partial charge in [0.2, 0.25) is 0 Å². The minimum atomic E-state index is 0.111. The monoisotopic (exact) mass is 298 g/mol. The van der Waals surface area contributed by atoms with Crippen LogP contribution in [0.5, 0.6) is 0 Å². The first-order valence-electron chi connectivity index (χ1n) is 4.72. The van der Waals surface area contributed by atoms with Gasteiger partial charge in [-0.2, -0.15) is 0 Å². The van der Waals surface area contributed by atoms with Crippen LogP contribution in [0.3, 0.4) is 0 Å². The molecule has 0 N–H and O–H groups in total. The molecular weight excluding hydrogens is 283 g/mol. The molecule has 0 nitrogen and oxygen atoms in total. The van der Waals surface area contributed by atoms with Gasteiger partial charge < -0.3 is 0 Å². The maximum Gasteiger partial charge on any atom is 0.0351 e. The molecule has 1 aromatic carbocycles. The summed E-state index contributed by atoms with van der Waals surface area (Å²) in [5.74, 6) is 6.47. The summed E-state index contributed by atoms with van der Waals surface area (Å²) in [5.41, 5.74) is 1.44. The zero-order valence-corrected chi connectivity index (χ0v) is 11.1. The van der Waals surface area contributed by atoms with Crippen LogP contribution < -0.4 is 0 Å². The van der Waals surface area contributed by atoms with Crippen molar-refractivity contribution >= 4 is 22.6 Å². The molecular formula is C13H15I. The quantitative estimate of drug-likeness (QED) is 0.545. The van der Waals surface area contributed by atoms with Crippen LogP contribution in [-0.4, -0.2) is 0 Å². The van der Waals surface area contributed by atoms with E-state index in [0.29, 0.717) is 0 Å². The van der Waals surface area contributed by atoms with Crippen LogP contribution in [0.1, 0.15) is 26.3 Å². The first-order chi connectivity index (χ1) is 6.49. The van der Waals surface area contributed by atoms with Crippen molar-refractivity contribution in [1.82, 2.24) is 0 Å². The van der Waals surface area contributed by atoms with Gasteiger partial charge in [-0.15, -0.1) is 0 Å². The van der Waals surface area contributed by atoms with Crippen molar-refractivity contribution in [3.8, 4) is 11.8 Å². The van der Waals surface area contributed by atoms with Crippen LogP contribution >= 0.6 is 22.6 Å². The van der Waals surface area contributed by atoms with Crippen LogP contribution in [0.2, 0.25) is 0 Å². The fourth-order valence-electron chi connectivity index (χ4n) is 1.05. The molecule has 0 radical (unpaired) electrons. The highest BCUT2D eigenvalue weighted by molar-refractivity contribution is 14.1. The number of rotatable bonds is 1. The van der Waals surface area contributed by atoms with Crippen molar-refractivity contribution in [3.63, 3.8) is 0 Å². The van der Waals surface area contributed by atoms with Crippen molar-refractivity contribution in [2.75, 3.05) is 0 Å². The summed E-state index contributed by atoms with van der Waals surface area (Å²) in [6.45, 7) is 6.40. The van der Waals surface area contributed by atoms with Gasteiger partial charge in [0.15, 0.2) is 0 Å². The summed E-state index contributed by atoms with van der Waals surface area (Å²) in [7, 11) is 0. The number of hydrogen-bond donors (Lipinski definition) is 0. The summed E-state index contributed by atoms with van der Waals surface area (Å²) >= 11 is 2.35. The largest absolute Gasteiger partial charge is 0.0979 e. The Morgan fingerprint density at radius 1 is 1.21 bits per heavy atom. The number of halogens is 1. The average Bonchev–Trinajstić information content (AvgIpc) is 2.06. The molecule has 0 aromatic heterocycles. The van der Waals surface area contributed by atoms with E-state index in [1.54, 1.807) is 0 Å². The molecule has 0 bridgehead atoms. The second-order valence-electron chi connectivity index (χ2n) is 4.32. The molecule has 0 aliphatic heterocycles. The lowest BCUT2D eigenvalue weighted by Gasteiger charge is -2.07. The molecule has 0 fully saturated rings. The highest BCUT2D eigenvalue weighted by Gasteiger charge is 2.03. The highest BCUT2D eigenvalue weighted by atomic mass is 127. The third-order valence-electron chi connectivity index (χ3n) is 1.70. The molecule has 0 spiro atoms. The van der Waals surface area contributed by atoms with Crippen LogP contribution in [0.25, 0.3) is 0 Å². The van der Waals surface area contributed by atoms with Crippen molar-refractivity contribution < 1.29 is 0 Å². The SMILES string of the molecule is CC(C)(C)C#CCc1ccccc1I. The summed E-state index contributed by atoms with van der Waals surface area (Å²) in [5, 5.41) is 0. The van der Waals surface area contributed by atoms with E-state index in [2.05, 4.69) is 79.5 Å². The smallest absolute Gasteiger partial charge is 0.0351 e. The predicted octanol–water partition coefficient (Wildman–Crippen LogP) is 3.88. The van der Waals surface area contributed by atoms with Gasteiger partial charge in [0.25, 0.3) is 0 Å². The van der Waals surface area contributed by atoms with E-state index in [0.717, 1.165) is 6.42 Å². The summed E-state index contributed by atoms with van der Waals surface area (Å²) in [6.07, 6.45) is 0.858. The summed E-state index contributed by atoms with van der Waals surface area (Å²) in [4.78, 5) is 0. The molecule has 1 heteroatoms. The average molecular weight is 298 g/mol. The Morgan fingerprint density at radius 2 is 1.86 bits per heavy atom. The maximum absolute atomic E-state index is 3.24. The molecule has 0 atom stereocenters. The third kappa shape index (κ3) is 4.15. The van der Waals surface area contributed by atoms with Crippen LogP contribution in [0.4, 0.5) is 0 Å². The lowest BCUT2D eigenvalue weighted by atomic mass is 9.97. The van der Waals surface area contributed by atoms with E-state index >= 15 is 0 Å². The minimum absolute atomic E-state index is 0.111. The Hall–Kier alpha value is -0.490. The third-order valence-corrected chi connectivity index (χ3v) is 2.75. The molecule has 1 rings (SSSR count). The lowest BCUT2D eigenvalue weighted by molar-refractivity contribution is 0.570. The Labute approximate surface area is 100 Å². The summed E-state index contributed by atoms with van der Waals surface area (Å²) in [6, 6.07) is 8.38. The van der Waals surface area contributed by atoms with Crippen molar-refractivity contribution in [3.05, 3.63) is 33.4 Å². The van der Waals surface area contributed by atoms with Gasteiger partial charge in [-0.05, 0) is 55.0 Å². The van der Waals surface area contributed by atoms with Crippen LogP contribution in [0.15, 0.2) is 24.3 Å². The standard InChI is InChI=1S/C13H15I/c1-13(2,3)10-6-8-11-7-4-5-9-12(11)14/h4-5,7,9H,8H2,1-3H3.